The summed E-state index contributed by atoms with van der Waals surface area (Å²) in [5, 5.41) is 0. The molecule has 0 N–H and O–H groups in total. The van der Waals surface area contributed by atoms with Gasteiger partial charge in [-0.1, -0.05) is 0 Å². The van der Waals surface area contributed by atoms with Crippen molar-refractivity contribution < 1.29 is 22.0 Å². The van der Waals surface area contributed by atoms with Crippen molar-refractivity contribution in [3.63, 3.8) is 0 Å². The van der Waals surface area contributed by atoms with Gasteiger partial charge in [0.1, 0.15) is 11.6 Å². The molecule has 108 valence electrons. The zero-order chi connectivity index (χ0) is 15.8. The van der Waals surface area contributed by atoms with Gasteiger partial charge in [-0.25, -0.2) is 13.6 Å². The molecule has 0 radical (unpaired) electrons. The largest absolute Gasteiger partial charge is 0.415 e. The minimum Gasteiger partial charge on any atom is -0.238 e. The van der Waals surface area contributed by atoms with Crippen molar-refractivity contribution in [2.24, 2.45) is 0 Å². The fourth-order valence-corrected chi connectivity index (χ4v) is 1.86. The molecule has 0 heterocycles. The Kier molecular flexibility index (Phi) is 3.69. The minimum atomic E-state index is -4.67. The standard InChI is InChI=1S/C15H8F5N/c1-8-3-14(17)12(7-13(8)16)9-4-10(15(18,19)20)6-11(5-9)21-2/h3-7H,1H3. The van der Waals surface area contributed by atoms with Crippen LogP contribution in [0.5, 0.6) is 0 Å². The predicted octanol–water partition coefficient (Wildman–Crippen LogP) is 5.51. The summed E-state index contributed by atoms with van der Waals surface area (Å²) in [7, 11) is 0. The highest BCUT2D eigenvalue weighted by molar-refractivity contribution is 5.71. The van der Waals surface area contributed by atoms with Crippen molar-refractivity contribution in [3.05, 3.63) is 64.5 Å². The maximum atomic E-state index is 13.9. The number of nitrogens with zero attached hydrogens (tertiary/aromatic N) is 1. The Morgan fingerprint density at radius 3 is 2.19 bits per heavy atom. The molecule has 1 nitrogen and oxygen atoms in total. The van der Waals surface area contributed by atoms with E-state index in [1.165, 1.54) is 6.92 Å². The van der Waals surface area contributed by atoms with Crippen molar-refractivity contribution in [1.29, 1.82) is 0 Å². The molecule has 0 saturated carbocycles. The SMILES string of the molecule is [C-]#[N+]c1cc(-c2cc(F)c(C)cc2F)cc(C(F)(F)F)c1. The molecule has 0 bridgehead atoms. The van der Waals surface area contributed by atoms with Gasteiger partial charge in [0.25, 0.3) is 0 Å². The lowest BCUT2D eigenvalue weighted by Crippen LogP contribution is -2.05. The van der Waals surface area contributed by atoms with Crippen molar-refractivity contribution in [2.45, 2.75) is 13.1 Å². The number of hydrogen-bond donors (Lipinski definition) is 0. The van der Waals surface area contributed by atoms with E-state index in [1.54, 1.807) is 0 Å². The number of rotatable bonds is 1. The molecular weight excluding hydrogens is 289 g/mol. The van der Waals surface area contributed by atoms with Crippen molar-refractivity contribution in [1.82, 2.24) is 0 Å². The quantitative estimate of drug-likeness (QED) is 0.483. The van der Waals surface area contributed by atoms with Crippen LogP contribution < -0.4 is 0 Å². The third-order valence-corrected chi connectivity index (χ3v) is 2.93. The summed E-state index contributed by atoms with van der Waals surface area (Å²) in [6, 6.07) is 4.19. The van der Waals surface area contributed by atoms with E-state index in [-0.39, 0.29) is 22.4 Å². The highest BCUT2D eigenvalue weighted by atomic mass is 19.4. The topological polar surface area (TPSA) is 4.36 Å². The molecule has 2 aromatic rings. The summed E-state index contributed by atoms with van der Waals surface area (Å²) >= 11 is 0. The van der Waals surface area contributed by atoms with Gasteiger partial charge in [0, 0.05) is 11.1 Å². The van der Waals surface area contributed by atoms with Crippen LogP contribution in [0.2, 0.25) is 0 Å². The first kappa shape index (κ1) is 15.0. The highest BCUT2D eigenvalue weighted by Crippen LogP contribution is 2.36. The van der Waals surface area contributed by atoms with Crippen molar-refractivity contribution in [3.8, 4) is 11.1 Å². The molecule has 0 unspecified atom stereocenters. The zero-order valence-electron chi connectivity index (χ0n) is 10.7. The molecule has 0 aliphatic heterocycles. The van der Waals surface area contributed by atoms with Gasteiger partial charge in [0.05, 0.1) is 6.57 Å². The molecule has 21 heavy (non-hydrogen) atoms. The third kappa shape index (κ3) is 3.02. The van der Waals surface area contributed by atoms with Crippen LogP contribution in [0.3, 0.4) is 0 Å². The lowest BCUT2D eigenvalue weighted by atomic mass is 10.00. The number of benzene rings is 2. The van der Waals surface area contributed by atoms with Gasteiger partial charge in [-0.05, 0) is 48.4 Å². The highest BCUT2D eigenvalue weighted by Gasteiger charge is 2.31. The Bertz CT molecular complexity index is 741. The van der Waals surface area contributed by atoms with E-state index in [9.17, 15) is 22.0 Å². The smallest absolute Gasteiger partial charge is 0.238 e. The Hall–Kier alpha value is -2.42. The number of halogens is 5. The monoisotopic (exact) mass is 297 g/mol. The molecule has 2 aromatic carbocycles. The van der Waals surface area contributed by atoms with Gasteiger partial charge >= 0.3 is 6.18 Å². The third-order valence-electron chi connectivity index (χ3n) is 2.93. The second kappa shape index (κ2) is 5.17. The van der Waals surface area contributed by atoms with E-state index < -0.39 is 23.4 Å². The lowest BCUT2D eigenvalue weighted by molar-refractivity contribution is -0.137. The van der Waals surface area contributed by atoms with Crippen LogP contribution in [-0.4, -0.2) is 0 Å². The summed E-state index contributed by atoms with van der Waals surface area (Å²) in [6.07, 6.45) is -4.67. The minimum absolute atomic E-state index is 0.0497. The van der Waals surface area contributed by atoms with Gasteiger partial charge < -0.3 is 0 Å². The summed E-state index contributed by atoms with van der Waals surface area (Å²) in [4.78, 5) is 2.93. The van der Waals surface area contributed by atoms with E-state index in [4.69, 9.17) is 6.57 Å². The first-order valence-corrected chi connectivity index (χ1v) is 5.78. The Labute approximate surface area is 117 Å². The fourth-order valence-electron chi connectivity index (χ4n) is 1.86. The maximum Gasteiger partial charge on any atom is 0.415 e. The Balaban J connectivity index is 2.70. The molecule has 2 rings (SSSR count). The molecular formula is C15H8F5N. The van der Waals surface area contributed by atoms with E-state index in [2.05, 4.69) is 4.85 Å². The van der Waals surface area contributed by atoms with Crippen molar-refractivity contribution >= 4 is 5.69 Å². The summed E-state index contributed by atoms with van der Waals surface area (Å²) in [5.41, 5.74) is -1.82. The first-order chi connectivity index (χ1) is 9.72. The molecule has 0 fully saturated rings. The van der Waals surface area contributed by atoms with Gasteiger partial charge in [-0.3, -0.25) is 0 Å². The van der Waals surface area contributed by atoms with Crippen LogP contribution in [0.4, 0.5) is 27.6 Å². The van der Waals surface area contributed by atoms with E-state index in [0.717, 1.165) is 18.2 Å². The van der Waals surface area contributed by atoms with Gasteiger partial charge in [0.2, 0.25) is 0 Å². The molecule has 0 spiro atoms. The van der Waals surface area contributed by atoms with E-state index >= 15 is 0 Å². The van der Waals surface area contributed by atoms with E-state index in [0.29, 0.717) is 12.1 Å². The van der Waals surface area contributed by atoms with Crippen LogP contribution in [0.15, 0.2) is 30.3 Å². The van der Waals surface area contributed by atoms with Gasteiger partial charge in [-0.2, -0.15) is 13.2 Å². The summed E-state index contributed by atoms with van der Waals surface area (Å²) in [5.74, 6) is -1.57. The molecule has 6 heteroatoms. The van der Waals surface area contributed by atoms with Gasteiger partial charge in [-0.15, -0.1) is 0 Å². The van der Waals surface area contributed by atoms with Crippen LogP contribution >= 0.6 is 0 Å². The molecule has 0 aromatic heterocycles. The molecule has 0 aliphatic rings. The number of alkyl halides is 3. The first-order valence-electron chi connectivity index (χ1n) is 5.78. The lowest BCUT2D eigenvalue weighted by Gasteiger charge is -2.11. The molecule has 0 saturated heterocycles. The molecule has 0 aliphatic carbocycles. The summed E-state index contributed by atoms with van der Waals surface area (Å²) < 4.78 is 65.7. The molecule has 0 atom stereocenters. The van der Waals surface area contributed by atoms with Gasteiger partial charge in [0.15, 0.2) is 5.69 Å². The van der Waals surface area contributed by atoms with Crippen LogP contribution in [0, 0.1) is 25.1 Å². The van der Waals surface area contributed by atoms with E-state index in [1.807, 2.05) is 0 Å². The predicted molar refractivity (Wildman–Crippen MR) is 67.8 cm³/mol. The second-order valence-corrected chi connectivity index (χ2v) is 4.46. The Morgan fingerprint density at radius 2 is 1.62 bits per heavy atom. The van der Waals surface area contributed by atoms with Crippen LogP contribution in [-0.2, 0) is 6.18 Å². The fraction of sp³-hybridized carbons (Fsp3) is 0.133. The average Bonchev–Trinajstić information content (AvgIpc) is 2.41. The second-order valence-electron chi connectivity index (χ2n) is 4.46. The normalized spacial score (nSPS) is 11.3. The van der Waals surface area contributed by atoms with Crippen LogP contribution in [0.25, 0.3) is 16.0 Å². The van der Waals surface area contributed by atoms with Crippen LogP contribution in [0.1, 0.15) is 11.1 Å². The Morgan fingerprint density at radius 1 is 0.952 bits per heavy atom. The zero-order valence-corrected chi connectivity index (χ0v) is 10.7. The maximum absolute atomic E-state index is 13.9. The average molecular weight is 297 g/mol. The number of aryl methyl sites for hydroxylation is 1. The molecule has 0 amide bonds. The summed E-state index contributed by atoms with van der Waals surface area (Å²) in [6.45, 7) is 8.17. The van der Waals surface area contributed by atoms with Crippen molar-refractivity contribution in [2.75, 3.05) is 0 Å². The number of hydrogen-bond acceptors (Lipinski definition) is 0.